The van der Waals surface area contributed by atoms with E-state index in [-0.39, 0.29) is 24.5 Å². The number of pyridine rings is 1. The molecular weight excluding hydrogens is 279 g/mol. The quantitative estimate of drug-likeness (QED) is 0.780. The van der Waals surface area contributed by atoms with Crippen molar-refractivity contribution >= 4 is 5.97 Å². The number of alkyl halides is 3. The summed E-state index contributed by atoms with van der Waals surface area (Å²) in [5, 5.41) is 0. The van der Waals surface area contributed by atoms with Crippen LogP contribution in [0, 0.1) is 6.92 Å². The van der Waals surface area contributed by atoms with E-state index < -0.39 is 18.2 Å². The largest absolute Gasteiger partial charge is 0.574 e. The molecule has 1 rings (SSSR count). The van der Waals surface area contributed by atoms with Gasteiger partial charge in [-0.2, -0.15) is 4.98 Å². The van der Waals surface area contributed by atoms with Crippen molar-refractivity contribution in [2.24, 2.45) is 0 Å². The molecule has 8 heteroatoms. The third kappa shape index (κ3) is 4.60. The van der Waals surface area contributed by atoms with Gasteiger partial charge < -0.3 is 14.2 Å². The highest BCUT2D eigenvalue weighted by molar-refractivity contribution is 5.73. The Bertz CT molecular complexity index is 488. The van der Waals surface area contributed by atoms with E-state index in [0.29, 0.717) is 5.56 Å². The van der Waals surface area contributed by atoms with E-state index in [9.17, 15) is 18.0 Å². The van der Waals surface area contributed by atoms with Crippen LogP contribution in [-0.4, -0.2) is 31.0 Å². The van der Waals surface area contributed by atoms with Gasteiger partial charge >= 0.3 is 12.3 Å². The molecule has 0 saturated heterocycles. The lowest BCUT2D eigenvalue weighted by Crippen LogP contribution is -2.19. The van der Waals surface area contributed by atoms with E-state index >= 15 is 0 Å². The van der Waals surface area contributed by atoms with E-state index in [2.05, 4.69) is 9.72 Å². The monoisotopic (exact) mass is 293 g/mol. The van der Waals surface area contributed by atoms with Crippen LogP contribution in [0.1, 0.15) is 18.1 Å². The van der Waals surface area contributed by atoms with Crippen LogP contribution in [0.25, 0.3) is 0 Å². The molecule has 112 valence electrons. The Balaban J connectivity index is 3.10. The second kappa shape index (κ2) is 6.44. The van der Waals surface area contributed by atoms with Crippen molar-refractivity contribution in [3.05, 3.63) is 17.2 Å². The van der Waals surface area contributed by atoms with Gasteiger partial charge in [0.1, 0.15) is 0 Å². The first-order valence-corrected chi connectivity index (χ1v) is 5.72. The number of carbonyl (C=O) groups is 1. The molecule has 20 heavy (non-hydrogen) atoms. The highest BCUT2D eigenvalue weighted by atomic mass is 19.4. The van der Waals surface area contributed by atoms with E-state index in [1.807, 2.05) is 0 Å². The van der Waals surface area contributed by atoms with Gasteiger partial charge in [0, 0.05) is 11.6 Å². The second-order valence-electron chi connectivity index (χ2n) is 3.78. The number of hydrogen-bond donors (Lipinski definition) is 0. The maximum atomic E-state index is 12.3. The van der Waals surface area contributed by atoms with Gasteiger partial charge in [-0.05, 0) is 19.4 Å². The van der Waals surface area contributed by atoms with Gasteiger partial charge in [0.25, 0.3) is 0 Å². The third-order valence-corrected chi connectivity index (χ3v) is 2.37. The normalized spacial score (nSPS) is 11.1. The Labute approximate surface area is 113 Å². The molecule has 0 aliphatic rings. The van der Waals surface area contributed by atoms with E-state index in [4.69, 9.17) is 9.47 Å². The molecule has 0 aliphatic carbocycles. The first-order valence-electron chi connectivity index (χ1n) is 5.72. The van der Waals surface area contributed by atoms with Crippen molar-refractivity contribution in [3.63, 3.8) is 0 Å². The predicted octanol–water partition coefficient (Wildman–Crippen LogP) is 2.40. The molecule has 0 bridgehead atoms. The van der Waals surface area contributed by atoms with Crippen LogP contribution in [0.3, 0.4) is 0 Å². The standard InChI is InChI=1S/C12H14F3NO4/c1-4-19-10(17)6-8-5-9(18-3)16-11(7(8)2)20-12(13,14)15/h5H,4,6H2,1-3H3. The summed E-state index contributed by atoms with van der Waals surface area (Å²) in [6, 6.07) is 1.37. The molecule has 1 heterocycles. The van der Waals surface area contributed by atoms with Crippen LogP contribution < -0.4 is 9.47 Å². The zero-order chi connectivity index (χ0) is 15.3. The fraction of sp³-hybridized carbons (Fsp3) is 0.500. The Morgan fingerprint density at radius 3 is 2.55 bits per heavy atom. The lowest BCUT2D eigenvalue weighted by atomic mass is 10.1. The fourth-order valence-corrected chi connectivity index (χ4v) is 1.48. The molecule has 1 aromatic rings. The van der Waals surface area contributed by atoms with E-state index in [1.165, 1.54) is 20.1 Å². The number of aromatic nitrogens is 1. The van der Waals surface area contributed by atoms with Crippen LogP contribution in [-0.2, 0) is 16.0 Å². The van der Waals surface area contributed by atoms with Crippen molar-refractivity contribution in [3.8, 4) is 11.8 Å². The number of rotatable bonds is 5. The smallest absolute Gasteiger partial charge is 0.481 e. The van der Waals surface area contributed by atoms with Gasteiger partial charge in [0.2, 0.25) is 11.8 Å². The lowest BCUT2D eigenvalue weighted by molar-refractivity contribution is -0.276. The van der Waals surface area contributed by atoms with Gasteiger partial charge in [-0.1, -0.05) is 0 Å². The number of hydrogen-bond acceptors (Lipinski definition) is 5. The van der Waals surface area contributed by atoms with Crippen LogP contribution in [0.2, 0.25) is 0 Å². The predicted molar refractivity (Wildman–Crippen MR) is 62.5 cm³/mol. The number of ether oxygens (including phenoxy) is 3. The summed E-state index contributed by atoms with van der Waals surface area (Å²) < 4.78 is 50.2. The molecule has 0 atom stereocenters. The average Bonchev–Trinajstić information content (AvgIpc) is 2.32. The van der Waals surface area contributed by atoms with Crippen LogP contribution >= 0.6 is 0 Å². The average molecular weight is 293 g/mol. The summed E-state index contributed by atoms with van der Waals surface area (Å²) in [4.78, 5) is 15.0. The molecule has 0 saturated carbocycles. The van der Waals surface area contributed by atoms with Gasteiger partial charge in [0.05, 0.1) is 20.1 Å². The summed E-state index contributed by atoms with van der Waals surface area (Å²) >= 11 is 0. The molecular formula is C12H14F3NO4. The third-order valence-electron chi connectivity index (χ3n) is 2.37. The summed E-state index contributed by atoms with van der Waals surface area (Å²) in [5.41, 5.74) is 0.408. The molecule has 0 unspecified atom stereocenters. The Kier molecular flexibility index (Phi) is 5.18. The maximum Gasteiger partial charge on any atom is 0.574 e. The van der Waals surface area contributed by atoms with Crippen LogP contribution in [0.5, 0.6) is 11.8 Å². The SMILES string of the molecule is CCOC(=O)Cc1cc(OC)nc(OC(F)(F)F)c1C. The zero-order valence-corrected chi connectivity index (χ0v) is 11.2. The first-order chi connectivity index (χ1) is 9.26. The molecule has 0 fully saturated rings. The second-order valence-corrected chi connectivity index (χ2v) is 3.78. The van der Waals surface area contributed by atoms with Crippen LogP contribution in [0.15, 0.2) is 6.07 Å². The summed E-state index contributed by atoms with van der Waals surface area (Å²) in [7, 11) is 1.25. The number of nitrogens with zero attached hydrogens (tertiary/aromatic N) is 1. The van der Waals surface area contributed by atoms with Gasteiger partial charge in [-0.25, -0.2) is 0 Å². The number of esters is 1. The van der Waals surface area contributed by atoms with Gasteiger partial charge in [-0.3, -0.25) is 4.79 Å². The molecule has 0 aliphatic heterocycles. The first kappa shape index (κ1) is 16.1. The van der Waals surface area contributed by atoms with Gasteiger partial charge in [0.15, 0.2) is 0 Å². The molecule has 0 N–H and O–H groups in total. The molecule has 1 aromatic heterocycles. The molecule has 0 spiro atoms. The maximum absolute atomic E-state index is 12.3. The molecule has 5 nitrogen and oxygen atoms in total. The topological polar surface area (TPSA) is 57.7 Å². The molecule has 0 aromatic carbocycles. The van der Waals surface area contributed by atoms with Crippen molar-refractivity contribution < 1.29 is 32.2 Å². The minimum absolute atomic E-state index is 0.0749. The number of methoxy groups -OCH3 is 1. The number of carbonyl (C=O) groups excluding carboxylic acids is 1. The van der Waals surface area contributed by atoms with Crippen molar-refractivity contribution in [1.82, 2.24) is 4.98 Å². The van der Waals surface area contributed by atoms with Crippen molar-refractivity contribution in [2.75, 3.05) is 13.7 Å². The highest BCUT2D eigenvalue weighted by Gasteiger charge is 2.33. The highest BCUT2D eigenvalue weighted by Crippen LogP contribution is 2.29. The Hall–Kier alpha value is -1.99. The summed E-state index contributed by atoms with van der Waals surface area (Å²) in [6.07, 6.45) is -5.06. The lowest BCUT2D eigenvalue weighted by Gasteiger charge is -2.14. The van der Waals surface area contributed by atoms with Gasteiger partial charge in [-0.15, -0.1) is 13.2 Å². The minimum atomic E-state index is -4.87. The Morgan fingerprint density at radius 2 is 2.05 bits per heavy atom. The molecule has 0 amide bonds. The zero-order valence-electron chi connectivity index (χ0n) is 11.2. The van der Waals surface area contributed by atoms with Crippen molar-refractivity contribution in [1.29, 1.82) is 0 Å². The van der Waals surface area contributed by atoms with E-state index in [0.717, 1.165) is 0 Å². The minimum Gasteiger partial charge on any atom is -0.481 e. The number of halogens is 3. The van der Waals surface area contributed by atoms with Crippen molar-refractivity contribution in [2.45, 2.75) is 26.6 Å². The fourth-order valence-electron chi connectivity index (χ4n) is 1.48. The summed E-state index contributed by atoms with van der Waals surface area (Å²) in [6.45, 7) is 3.20. The van der Waals surface area contributed by atoms with Crippen LogP contribution in [0.4, 0.5) is 13.2 Å². The van der Waals surface area contributed by atoms with E-state index in [1.54, 1.807) is 6.92 Å². The Morgan fingerprint density at radius 1 is 1.40 bits per heavy atom. The summed E-state index contributed by atoms with van der Waals surface area (Å²) in [5.74, 6) is -1.27. The molecule has 0 radical (unpaired) electrons.